The van der Waals surface area contributed by atoms with Gasteiger partial charge in [0.1, 0.15) is 6.10 Å². The number of aliphatic hydroxyl groups excluding tert-OH is 1. The normalized spacial score (nSPS) is 12.5. The van der Waals surface area contributed by atoms with Gasteiger partial charge in [0.25, 0.3) is 0 Å². The Hall–Kier alpha value is -0.390. The molecular weight excluding hydrogens is 403 g/mol. The van der Waals surface area contributed by atoms with Gasteiger partial charge in [-0.25, -0.2) is 0 Å². The molecule has 0 bridgehead atoms. The fraction of sp³-hybridized carbons (Fsp3) is 0.200. The predicted molar refractivity (Wildman–Crippen MR) is 86.8 cm³/mol. The Morgan fingerprint density at radius 3 is 2.28 bits per heavy atom. The molecule has 0 spiro atoms. The van der Waals surface area contributed by atoms with E-state index in [9.17, 15) is 5.11 Å². The Bertz CT molecular complexity index is 560. The average Bonchev–Trinajstić information content (AvgIpc) is 2.30. The van der Waals surface area contributed by atoms with Gasteiger partial charge in [0.15, 0.2) is 0 Å². The number of hydrogen-bond acceptors (Lipinski definition) is 1. The molecule has 3 heteroatoms. The molecule has 0 fully saturated rings. The molecule has 1 nitrogen and oxygen atoms in total. The van der Waals surface area contributed by atoms with E-state index in [1.807, 2.05) is 30.3 Å². The molecule has 1 N–H and O–H groups in total. The molecular formula is C15H14BrIO. The third-order valence-corrected chi connectivity index (χ3v) is 4.29. The summed E-state index contributed by atoms with van der Waals surface area (Å²) >= 11 is 5.71. The highest BCUT2D eigenvalue weighted by molar-refractivity contribution is 14.1. The van der Waals surface area contributed by atoms with Crippen molar-refractivity contribution >= 4 is 38.5 Å². The van der Waals surface area contributed by atoms with Crippen LogP contribution in [-0.2, 0) is 0 Å². The summed E-state index contributed by atoms with van der Waals surface area (Å²) in [4.78, 5) is 0. The van der Waals surface area contributed by atoms with Crippen molar-refractivity contribution < 1.29 is 5.11 Å². The fourth-order valence-corrected chi connectivity index (χ4v) is 3.08. The van der Waals surface area contributed by atoms with Crippen LogP contribution in [0.4, 0.5) is 0 Å². The quantitative estimate of drug-likeness (QED) is 0.700. The van der Waals surface area contributed by atoms with Crippen LogP contribution in [0.15, 0.2) is 40.9 Å². The fourth-order valence-electron chi connectivity index (χ4n) is 2.07. The second-order valence-electron chi connectivity index (χ2n) is 4.49. The highest BCUT2D eigenvalue weighted by Gasteiger charge is 2.14. The zero-order valence-electron chi connectivity index (χ0n) is 10.2. The standard InChI is InChI=1S/C15H14BrIO/c1-9-5-10(2)7-11(6-9)15(18)13-8-12(16)3-4-14(13)17/h3-8,15,18H,1-2H3. The molecule has 0 heterocycles. The van der Waals surface area contributed by atoms with Gasteiger partial charge < -0.3 is 5.11 Å². The van der Waals surface area contributed by atoms with Crippen LogP contribution in [0.5, 0.6) is 0 Å². The van der Waals surface area contributed by atoms with Gasteiger partial charge in [-0.05, 0) is 65.8 Å². The molecule has 0 radical (unpaired) electrons. The van der Waals surface area contributed by atoms with Crippen LogP contribution in [0.3, 0.4) is 0 Å². The Labute approximate surface area is 130 Å². The van der Waals surface area contributed by atoms with E-state index in [1.54, 1.807) is 0 Å². The van der Waals surface area contributed by atoms with Crippen molar-refractivity contribution in [1.82, 2.24) is 0 Å². The smallest absolute Gasteiger partial charge is 0.105 e. The number of aliphatic hydroxyl groups is 1. The number of rotatable bonds is 2. The molecule has 0 aromatic heterocycles. The number of benzene rings is 2. The largest absolute Gasteiger partial charge is 0.384 e. The minimum atomic E-state index is -0.576. The van der Waals surface area contributed by atoms with Gasteiger partial charge in [-0.3, -0.25) is 0 Å². The Morgan fingerprint density at radius 1 is 1.06 bits per heavy atom. The SMILES string of the molecule is Cc1cc(C)cc(C(O)c2cc(Br)ccc2I)c1. The first-order valence-corrected chi connectivity index (χ1v) is 7.56. The van der Waals surface area contributed by atoms with Gasteiger partial charge in [-0.1, -0.05) is 45.3 Å². The average molecular weight is 417 g/mol. The van der Waals surface area contributed by atoms with Crippen molar-refractivity contribution in [3.05, 3.63) is 66.7 Å². The third-order valence-electron chi connectivity index (χ3n) is 2.81. The molecule has 0 aliphatic carbocycles. The van der Waals surface area contributed by atoms with Gasteiger partial charge in [0.05, 0.1) is 0 Å². The van der Waals surface area contributed by atoms with Gasteiger partial charge in [0.2, 0.25) is 0 Å². The van der Waals surface area contributed by atoms with Crippen LogP contribution in [0.2, 0.25) is 0 Å². The van der Waals surface area contributed by atoms with Crippen LogP contribution < -0.4 is 0 Å². The van der Waals surface area contributed by atoms with Crippen LogP contribution >= 0.6 is 38.5 Å². The molecule has 0 aliphatic rings. The third kappa shape index (κ3) is 3.13. The van der Waals surface area contributed by atoms with E-state index in [0.717, 1.165) is 19.2 Å². The summed E-state index contributed by atoms with van der Waals surface area (Å²) in [6, 6.07) is 12.2. The van der Waals surface area contributed by atoms with E-state index < -0.39 is 6.10 Å². The highest BCUT2D eigenvalue weighted by Crippen LogP contribution is 2.29. The van der Waals surface area contributed by atoms with Gasteiger partial charge in [0, 0.05) is 8.04 Å². The summed E-state index contributed by atoms with van der Waals surface area (Å²) in [5.41, 5.74) is 4.24. The van der Waals surface area contributed by atoms with Crippen LogP contribution in [-0.4, -0.2) is 5.11 Å². The molecule has 1 unspecified atom stereocenters. The van der Waals surface area contributed by atoms with Crippen LogP contribution in [0.1, 0.15) is 28.4 Å². The summed E-state index contributed by atoms with van der Waals surface area (Å²) in [5, 5.41) is 10.5. The number of halogens is 2. The summed E-state index contributed by atoms with van der Waals surface area (Å²) in [7, 11) is 0. The number of hydrogen-bond donors (Lipinski definition) is 1. The van der Waals surface area contributed by atoms with Crippen molar-refractivity contribution in [2.45, 2.75) is 20.0 Å². The Kier molecular flexibility index (Phi) is 4.45. The summed E-state index contributed by atoms with van der Waals surface area (Å²) in [6.07, 6.45) is -0.576. The lowest BCUT2D eigenvalue weighted by atomic mass is 9.98. The minimum Gasteiger partial charge on any atom is -0.384 e. The summed E-state index contributed by atoms with van der Waals surface area (Å²) in [6.45, 7) is 4.10. The number of aryl methyl sites for hydroxylation is 2. The van der Waals surface area contributed by atoms with Crippen LogP contribution in [0, 0.1) is 17.4 Å². The lowest BCUT2D eigenvalue weighted by Crippen LogP contribution is -2.03. The molecule has 18 heavy (non-hydrogen) atoms. The monoisotopic (exact) mass is 416 g/mol. The van der Waals surface area contributed by atoms with E-state index in [-0.39, 0.29) is 0 Å². The van der Waals surface area contributed by atoms with E-state index in [0.29, 0.717) is 0 Å². The molecule has 0 aliphatic heterocycles. The summed E-state index contributed by atoms with van der Waals surface area (Å²) in [5.74, 6) is 0. The van der Waals surface area contributed by atoms with Gasteiger partial charge >= 0.3 is 0 Å². The zero-order valence-corrected chi connectivity index (χ0v) is 14.0. The Balaban J connectivity index is 2.47. The maximum Gasteiger partial charge on any atom is 0.105 e. The van der Waals surface area contributed by atoms with Gasteiger partial charge in [-0.2, -0.15) is 0 Å². The van der Waals surface area contributed by atoms with Crippen LogP contribution in [0.25, 0.3) is 0 Å². The molecule has 0 amide bonds. The van der Waals surface area contributed by atoms with Crippen molar-refractivity contribution in [3.63, 3.8) is 0 Å². The maximum absolute atomic E-state index is 10.5. The molecule has 2 aromatic carbocycles. The van der Waals surface area contributed by atoms with E-state index in [1.165, 1.54) is 11.1 Å². The first-order chi connectivity index (χ1) is 8.47. The molecule has 1 atom stereocenters. The zero-order chi connectivity index (χ0) is 13.3. The lowest BCUT2D eigenvalue weighted by Gasteiger charge is -2.15. The van der Waals surface area contributed by atoms with Crippen molar-refractivity contribution in [1.29, 1.82) is 0 Å². The molecule has 2 rings (SSSR count). The Morgan fingerprint density at radius 2 is 1.67 bits per heavy atom. The molecule has 0 saturated carbocycles. The molecule has 94 valence electrons. The minimum absolute atomic E-state index is 0.576. The first kappa shape index (κ1) is 14.0. The first-order valence-electron chi connectivity index (χ1n) is 5.68. The summed E-state index contributed by atoms with van der Waals surface area (Å²) < 4.78 is 2.06. The second-order valence-corrected chi connectivity index (χ2v) is 6.57. The van der Waals surface area contributed by atoms with Crippen molar-refractivity contribution in [3.8, 4) is 0 Å². The van der Waals surface area contributed by atoms with E-state index >= 15 is 0 Å². The lowest BCUT2D eigenvalue weighted by molar-refractivity contribution is 0.219. The van der Waals surface area contributed by atoms with Crippen molar-refractivity contribution in [2.24, 2.45) is 0 Å². The topological polar surface area (TPSA) is 20.2 Å². The van der Waals surface area contributed by atoms with E-state index in [2.05, 4.69) is 58.4 Å². The molecule has 0 saturated heterocycles. The van der Waals surface area contributed by atoms with E-state index in [4.69, 9.17) is 0 Å². The molecule has 2 aromatic rings. The van der Waals surface area contributed by atoms with Gasteiger partial charge in [-0.15, -0.1) is 0 Å². The maximum atomic E-state index is 10.5. The highest BCUT2D eigenvalue weighted by atomic mass is 127. The second kappa shape index (κ2) is 5.72. The predicted octanol–water partition coefficient (Wildman–Crippen LogP) is 4.75. The van der Waals surface area contributed by atoms with Crippen molar-refractivity contribution in [2.75, 3.05) is 0 Å².